The number of hydrogen-bond acceptors (Lipinski definition) is 3. The molecule has 0 saturated carbocycles. The van der Waals surface area contributed by atoms with E-state index in [0.29, 0.717) is 12.5 Å². The van der Waals surface area contributed by atoms with E-state index in [1.54, 1.807) is 6.20 Å². The van der Waals surface area contributed by atoms with Crippen molar-refractivity contribution in [2.24, 2.45) is 0 Å². The second-order valence-electron chi connectivity index (χ2n) is 4.00. The first-order valence-electron chi connectivity index (χ1n) is 6.23. The molecule has 18 heavy (non-hydrogen) atoms. The molecular formula is C15H18N2O. The van der Waals surface area contributed by atoms with Crippen molar-refractivity contribution in [2.75, 3.05) is 19.7 Å². The molecule has 0 spiro atoms. The number of nitrogens with zero attached hydrogens (tertiary/aromatic N) is 1. The van der Waals surface area contributed by atoms with Crippen molar-refractivity contribution in [1.29, 1.82) is 0 Å². The Kier molecular flexibility index (Phi) is 5.21. The van der Waals surface area contributed by atoms with E-state index in [4.69, 9.17) is 4.74 Å². The zero-order chi connectivity index (χ0) is 12.5. The van der Waals surface area contributed by atoms with Crippen LogP contribution in [0.25, 0.3) is 0 Å². The molecule has 2 rings (SSSR count). The van der Waals surface area contributed by atoms with Crippen molar-refractivity contribution < 1.29 is 4.74 Å². The van der Waals surface area contributed by atoms with Crippen LogP contribution in [0, 0.1) is 0 Å². The Hall–Kier alpha value is -1.87. The molecule has 0 bridgehead atoms. The number of ether oxygens (including phenoxy) is 1. The van der Waals surface area contributed by atoms with Gasteiger partial charge in [-0.05, 0) is 24.6 Å². The molecule has 3 heteroatoms. The second-order valence-corrected chi connectivity index (χ2v) is 4.00. The Morgan fingerprint density at radius 3 is 2.56 bits per heavy atom. The van der Waals surface area contributed by atoms with E-state index in [0.717, 1.165) is 19.5 Å². The highest BCUT2D eigenvalue weighted by molar-refractivity contribution is 5.14. The summed E-state index contributed by atoms with van der Waals surface area (Å²) >= 11 is 0. The maximum Gasteiger partial charge on any atom is 0.213 e. The van der Waals surface area contributed by atoms with Gasteiger partial charge in [-0.3, -0.25) is 0 Å². The predicted octanol–water partition coefficient (Wildman–Crippen LogP) is 2.29. The van der Waals surface area contributed by atoms with Crippen LogP contribution in [0.4, 0.5) is 0 Å². The molecule has 1 heterocycles. The molecule has 1 aromatic heterocycles. The minimum atomic E-state index is 0.645. The van der Waals surface area contributed by atoms with Gasteiger partial charge in [0.1, 0.15) is 6.61 Å². The fourth-order valence-corrected chi connectivity index (χ4v) is 1.66. The highest BCUT2D eigenvalue weighted by atomic mass is 16.5. The SMILES string of the molecule is c1ccc(CCNCCOc2ccccn2)cc1. The fraction of sp³-hybridized carbons (Fsp3) is 0.267. The van der Waals surface area contributed by atoms with Crippen LogP contribution < -0.4 is 10.1 Å². The average Bonchev–Trinajstić information content (AvgIpc) is 2.45. The Morgan fingerprint density at radius 1 is 0.944 bits per heavy atom. The summed E-state index contributed by atoms with van der Waals surface area (Å²) in [6, 6.07) is 16.1. The zero-order valence-corrected chi connectivity index (χ0v) is 10.4. The van der Waals surface area contributed by atoms with Gasteiger partial charge in [-0.15, -0.1) is 0 Å². The van der Waals surface area contributed by atoms with Crippen molar-refractivity contribution in [3.63, 3.8) is 0 Å². The maximum absolute atomic E-state index is 5.48. The number of aromatic nitrogens is 1. The van der Waals surface area contributed by atoms with Crippen LogP contribution in [0.2, 0.25) is 0 Å². The Bertz CT molecular complexity index is 387. The summed E-state index contributed by atoms with van der Waals surface area (Å²) in [5, 5.41) is 3.35. The van der Waals surface area contributed by atoms with Gasteiger partial charge < -0.3 is 10.1 Å². The molecule has 3 nitrogen and oxygen atoms in total. The summed E-state index contributed by atoms with van der Waals surface area (Å²) in [6.07, 6.45) is 2.78. The van der Waals surface area contributed by atoms with Gasteiger partial charge >= 0.3 is 0 Å². The standard InChI is InChI=1S/C15H18N2O/c1-2-6-14(7-3-1)9-11-16-12-13-18-15-8-4-5-10-17-15/h1-8,10,16H,9,11-13H2. The minimum absolute atomic E-state index is 0.645. The van der Waals surface area contributed by atoms with Crippen molar-refractivity contribution in [3.05, 3.63) is 60.3 Å². The Balaban J connectivity index is 1.54. The monoisotopic (exact) mass is 242 g/mol. The van der Waals surface area contributed by atoms with E-state index < -0.39 is 0 Å². The smallest absolute Gasteiger partial charge is 0.213 e. The van der Waals surface area contributed by atoms with E-state index >= 15 is 0 Å². The van der Waals surface area contributed by atoms with Crippen LogP contribution in [0.5, 0.6) is 5.88 Å². The highest BCUT2D eigenvalue weighted by Gasteiger charge is 1.94. The minimum Gasteiger partial charge on any atom is -0.476 e. The summed E-state index contributed by atoms with van der Waals surface area (Å²) in [6.45, 7) is 2.45. The number of pyridine rings is 1. The molecule has 0 aliphatic rings. The van der Waals surface area contributed by atoms with Gasteiger partial charge in [0.15, 0.2) is 0 Å². The summed E-state index contributed by atoms with van der Waals surface area (Å²) in [4.78, 5) is 4.09. The molecular weight excluding hydrogens is 224 g/mol. The summed E-state index contributed by atoms with van der Waals surface area (Å²) in [5.74, 6) is 0.683. The van der Waals surface area contributed by atoms with Gasteiger partial charge in [-0.2, -0.15) is 0 Å². The van der Waals surface area contributed by atoms with Crippen molar-refractivity contribution >= 4 is 0 Å². The molecule has 94 valence electrons. The fourth-order valence-electron chi connectivity index (χ4n) is 1.66. The number of benzene rings is 1. The maximum atomic E-state index is 5.48. The predicted molar refractivity (Wildman–Crippen MR) is 72.7 cm³/mol. The van der Waals surface area contributed by atoms with Crippen LogP contribution in [0.15, 0.2) is 54.7 Å². The van der Waals surface area contributed by atoms with E-state index in [-0.39, 0.29) is 0 Å². The topological polar surface area (TPSA) is 34.1 Å². The van der Waals surface area contributed by atoms with E-state index in [9.17, 15) is 0 Å². The lowest BCUT2D eigenvalue weighted by Crippen LogP contribution is -2.23. The molecule has 0 amide bonds. The first-order valence-corrected chi connectivity index (χ1v) is 6.23. The summed E-state index contributed by atoms with van der Waals surface area (Å²) in [5.41, 5.74) is 1.36. The van der Waals surface area contributed by atoms with Gasteiger partial charge in [0.05, 0.1) is 0 Å². The summed E-state index contributed by atoms with van der Waals surface area (Å²) in [7, 11) is 0. The molecule has 1 N–H and O–H groups in total. The van der Waals surface area contributed by atoms with Crippen molar-refractivity contribution in [1.82, 2.24) is 10.3 Å². The molecule has 0 atom stereocenters. The lowest BCUT2D eigenvalue weighted by atomic mass is 10.1. The molecule has 0 aliphatic heterocycles. The number of hydrogen-bond donors (Lipinski definition) is 1. The third-order valence-corrected chi connectivity index (χ3v) is 2.60. The average molecular weight is 242 g/mol. The third kappa shape index (κ3) is 4.55. The van der Waals surface area contributed by atoms with Crippen molar-refractivity contribution in [2.45, 2.75) is 6.42 Å². The van der Waals surface area contributed by atoms with Crippen LogP contribution in [0.3, 0.4) is 0 Å². The quantitative estimate of drug-likeness (QED) is 0.756. The lowest BCUT2D eigenvalue weighted by molar-refractivity contribution is 0.303. The van der Waals surface area contributed by atoms with Crippen LogP contribution in [-0.4, -0.2) is 24.7 Å². The number of rotatable bonds is 7. The third-order valence-electron chi connectivity index (χ3n) is 2.60. The highest BCUT2D eigenvalue weighted by Crippen LogP contribution is 2.02. The van der Waals surface area contributed by atoms with E-state index in [1.165, 1.54) is 5.56 Å². The molecule has 0 saturated heterocycles. The molecule has 1 aromatic carbocycles. The van der Waals surface area contributed by atoms with Crippen LogP contribution >= 0.6 is 0 Å². The molecule has 0 unspecified atom stereocenters. The molecule has 0 aliphatic carbocycles. The second kappa shape index (κ2) is 7.45. The van der Waals surface area contributed by atoms with Gasteiger partial charge in [-0.1, -0.05) is 36.4 Å². The van der Waals surface area contributed by atoms with Crippen LogP contribution in [0.1, 0.15) is 5.56 Å². The van der Waals surface area contributed by atoms with Gasteiger partial charge in [0.25, 0.3) is 0 Å². The largest absolute Gasteiger partial charge is 0.476 e. The van der Waals surface area contributed by atoms with Gasteiger partial charge in [0, 0.05) is 18.8 Å². The van der Waals surface area contributed by atoms with E-state index in [2.05, 4.69) is 34.6 Å². The van der Waals surface area contributed by atoms with Gasteiger partial charge in [0.2, 0.25) is 5.88 Å². The van der Waals surface area contributed by atoms with Crippen molar-refractivity contribution in [3.8, 4) is 5.88 Å². The summed E-state index contributed by atoms with van der Waals surface area (Å²) < 4.78 is 5.48. The molecule has 0 radical (unpaired) electrons. The Labute approximate surface area is 108 Å². The van der Waals surface area contributed by atoms with Crippen LogP contribution in [-0.2, 0) is 6.42 Å². The molecule has 0 fully saturated rings. The number of nitrogens with one attached hydrogen (secondary N) is 1. The zero-order valence-electron chi connectivity index (χ0n) is 10.4. The van der Waals surface area contributed by atoms with Gasteiger partial charge in [-0.25, -0.2) is 4.98 Å². The first-order chi connectivity index (χ1) is 8.95. The lowest BCUT2D eigenvalue weighted by Gasteiger charge is -2.06. The first kappa shape index (κ1) is 12.6. The van der Waals surface area contributed by atoms with E-state index in [1.807, 2.05) is 24.3 Å². The Morgan fingerprint density at radius 2 is 1.78 bits per heavy atom. The normalized spacial score (nSPS) is 10.2. The molecule has 2 aromatic rings.